The highest BCUT2D eigenvalue weighted by molar-refractivity contribution is 6.30. The third kappa shape index (κ3) is 4.16. The number of benzene rings is 2. The third-order valence-corrected chi connectivity index (χ3v) is 4.66. The SMILES string of the molecule is CC(=O)N1N=C(c2ccc(NC(=O)c3ccc(Cl)cc3)cc2)O[C@@H]1c1ccccn1. The van der Waals surface area contributed by atoms with Crippen molar-refractivity contribution in [1.29, 1.82) is 0 Å². The smallest absolute Gasteiger partial charge is 0.255 e. The number of hydrogen-bond acceptors (Lipinski definition) is 5. The Bertz CT molecular complexity index is 1100. The number of rotatable bonds is 4. The summed E-state index contributed by atoms with van der Waals surface area (Å²) in [6.07, 6.45) is 0.913. The van der Waals surface area contributed by atoms with Crippen molar-refractivity contribution in [2.24, 2.45) is 5.10 Å². The number of hydrogen-bond donors (Lipinski definition) is 1. The van der Waals surface area contributed by atoms with E-state index in [1.54, 1.807) is 66.9 Å². The number of nitrogens with zero attached hydrogens (tertiary/aromatic N) is 3. The van der Waals surface area contributed by atoms with E-state index >= 15 is 0 Å². The van der Waals surface area contributed by atoms with E-state index in [1.165, 1.54) is 11.9 Å². The van der Waals surface area contributed by atoms with Crippen molar-refractivity contribution < 1.29 is 14.3 Å². The van der Waals surface area contributed by atoms with Gasteiger partial charge in [-0.05, 0) is 60.7 Å². The van der Waals surface area contributed by atoms with E-state index in [2.05, 4.69) is 15.4 Å². The average molecular weight is 421 g/mol. The maximum Gasteiger partial charge on any atom is 0.255 e. The zero-order chi connectivity index (χ0) is 21.1. The number of anilines is 1. The van der Waals surface area contributed by atoms with Crippen LogP contribution in [-0.2, 0) is 9.53 Å². The van der Waals surface area contributed by atoms with Crippen molar-refractivity contribution in [3.63, 3.8) is 0 Å². The summed E-state index contributed by atoms with van der Waals surface area (Å²) in [6, 6.07) is 19.0. The van der Waals surface area contributed by atoms with Crippen LogP contribution in [0.4, 0.5) is 5.69 Å². The minimum atomic E-state index is -0.719. The van der Waals surface area contributed by atoms with Crippen LogP contribution in [0.5, 0.6) is 0 Å². The molecule has 2 heterocycles. The van der Waals surface area contributed by atoms with Gasteiger partial charge in [-0.25, -0.2) is 0 Å². The van der Waals surface area contributed by atoms with Crippen LogP contribution < -0.4 is 5.32 Å². The molecule has 30 heavy (non-hydrogen) atoms. The van der Waals surface area contributed by atoms with Crippen LogP contribution >= 0.6 is 11.6 Å². The Hall–Kier alpha value is -3.71. The molecule has 0 bridgehead atoms. The van der Waals surface area contributed by atoms with Gasteiger partial charge < -0.3 is 10.1 Å². The zero-order valence-electron chi connectivity index (χ0n) is 15.9. The van der Waals surface area contributed by atoms with E-state index in [0.717, 1.165) is 0 Å². The first kappa shape index (κ1) is 19.6. The number of carbonyl (C=O) groups excluding carboxylic acids is 2. The average Bonchev–Trinajstić information content (AvgIpc) is 3.21. The van der Waals surface area contributed by atoms with Gasteiger partial charge in [0.05, 0.1) is 0 Å². The first-order valence-electron chi connectivity index (χ1n) is 9.14. The standard InChI is InChI=1S/C22H17ClN4O3/c1-14(28)27-22(19-4-2-3-13-24-19)30-21(26-27)16-7-11-18(12-8-16)25-20(29)15-5-9-17(23)10-6-15/h2-13,22H,1H3,(H,25,29)/t22-/m1/s1. The van der Waals surface area contributed by atoms with Gasteiger partial charge in [-0.2, -0.15) is 5.01 Å². The maximum absolute atomic E-state index is 12.3. The van der Waals surface area contributed by atoms with Crippen molar-refractivity contribution in [2.75, 3.05) is 5.32 Å². The molecule has 3 aromatic rings. The minimum Gasteiger partial charge on any atom is -0.444 e. The molecule has 2 amide bonds. The molecule has 7 nitrogen and oxygen atoms in total. The number of halogens is 1. The summed E-state index contributed by atoms with van der Waals surface area (Å²) in [5.74, 6) is -0.198. The zero-order valence-corrected chi connectivity index (χ0v) is 16.7. The predicted octanol–water partition coefficient (Wildman–Crippen LogP) is 4.23. The third-order valence-electron chi connectivity index (χ3n) is 4.40. The molecule has 1 aliphatic rings. The monoisotopic (exact) mass is 420 g/mol. The first-order chi connectivity index (χ1) is 14.5. The van der Waals surface area contributed by atoms with Crippen LogP contribution in [-0.4, -0.2) is 27.7 Å². The lowest BCUT2D eigenvalue weighted by Gasteiger charge is -2.18. The minimum absolute atomic E-state index is 0.244. The highest BCUT2D eigenvalue weighted by Crippen LogP contribution is 2.29. The van der Waals surface area contributed by atoms with E-state index in [4.69, 9.17) is 16.3 Å². The largest absolute Gasteiger partial charge is 0.444 e. The summed E-state index contributed by atoms with van der Waals surface area (Å²) >= 11 is 5.85. The molecule has 0 saturated carbocycles. The molecule has 1 aromatic heterocycles. The summed E-state index contributed by atoms with van der Waals surface area (Å²) in [7, 11) is 0. The number of amides is 2. The molecule has 8 heteroatoms. The molecule has 1 N–H and O–H groups in total. The summed E-state index contributed by atoms with van der Waals surface area (Å²) in [5.41, 5.74) is 2.37. The van der Waals surface area contributed by atoms with E-state index in [9.17, 15) is 9.59 Å². The Morgan fingerprint density at radius 2 is 1.77 bits per heavy atom. The Morgan fingerprint density at radius 1 is 1.03 bits per heavy atom. The number of carbonyl (C=O) groups is 2. The van der Waals surface area contributed by atoms with E-state index in [-0.39, 0.29) is 11.8 Å². The quantitative estimate of drug-likeness (QED) is 0.684. The molecule has 0 saturated heterocycles. The van der Waals surface area contributed by atoms with Gasteiger partial charge in [0.25, 0.3) is 5.91 Å². The van der Waals surface area contributed by atoms with Crippen molar-refractivity contribution in [3.05, 3.63) is 94.8 Å². The Balaban J connectivity index is 1.49. The summed E-state index contributed by atoms with van der Waals surface area (Å²) in [5, 5.41) is 8.94. The van der Waals surface area contributed by atoms with Gasteiger partial charge in [0.15, 0.2) is 0 Å². The molecular weight excluding hydrogens is 404 g/mol. The summed E-state index contributed by atoms with van der Waals surface area (Å²) in [6.45, 7) is 1.42. The van der Waals surface area contributed by atoms with Crippen molar-refractivity contribution >= 4 is 35.0 Å². The van der Waals surface area contributed by atoms with Gasteiger partial charge in [-0.1, -0.05) is 17.7 Å². The first-order valence-corrected chi connectivity index (χ1v) is 9.52. The molecule has 0 fully saturated rings. The molecule has 0 unspecified atom stereocenters. The molecule has 150 valence electrons. The number of hydrazone groups is 1. The van der Waals surface area contributed by atoms with Crippen LogP contribution in [0.1, 0.15) is 34.8 Å². The van der Waals surface area contributed by atoms with Crippen molar-refractivity contribution in [2.45, 2.75) is 13.2 Å². The predicted molar refractivity (Wildman–Crippen MR) is 113 cm³/mol. The summed E-state index contributed by atoms with van der Waals surface area (Å²) in [4.78, 5) is 28.6. The van der Waals surface area contributed by atoms with Gasteiger partial charge in [-0.3, -0.25) is 14.6 Å². The number of ether oxygens (including phenoxy) is 1. The fourth-order valence-corrected chi connectivity index (χ4v) is 3.03. The van der Waals surface area contributed by atoms with Gasteiger partial charge in [0.2, 0.25) is 18.0 Å². The maximum atomic E-state index is 12.3. The lowest BCUT2D eigenvalue weighted by molar-refractivity contribution is -0.135. The van der Waals surface area contributed by atoms with Gasteiger partial charge >= 0.3 is 0 Å². The second-order valence-corrected chi connectivity index (χ2v) is 6.97. The Kier molecular flexibility index (Phi) is 5.45. The van der Waals surface area contributed by atoms with Gasteiger partial charge in [0.1, 0.15) is 5.69 Å². The van der Waals surface area contributed by atoms with Gasteiger partial charge in [-0.15, -0.1) is 5.10 Å². The molecule has 1 atom stereocenters. The molecule has 2 aromatic carbocycles. The van der Waals surface area contributed by atoms with Crippen LogP contribution in [0.15, 0.2) is 78.0 Å². The van der Waals surface area contributed by atoms with Crippen molar-refractivity contribution in [1.82, 2.24) is 9.99 Å². The molecule has 0 spiro atoms. The lowest BCUT2D eigenvalue weighted by atomic mass is 10.2. The fourth-order valence-electron chi connectivity index (χ4n) is 2.90. The van der Waals surface area contributed by atoms with Crippen LogP contribution in [0.2, 0.25) is 5.02 Å². The highest BCUT2D eigenvalue weighted by atomic mass is 35.5. The Morgan fingerprint density at radius 3 is 2.40 bits per heavy atom. The van der Waals surface area contributed by atoms with Crippen LogP contribution in [0, 0.1) is 0 Å². The molecule has 0 aliphatic carbocycles. The summed E-state index contributed by atoms with van der Waals surface area (Å²) < 4.78 is 5.90. The fraction of sp³-hybridized carbons (Fsp3) is 0.0909. The second-order valence-electron chi connectivity index (χ2n) is 6.53. The van der Waals surface area contributed by atoms with Gasteiger partial charge in [0, 0.05) is 35.0 Å². The molecular formula is C22H17ClN4O3. The number of aromatic nitrogens is 1. The molecule has 0 radical (unpaired) electrons. The normalized spacial score (nSPS) is 15.3. The highest BCUT2D eigenvalue weighted by Gasteiger charge is 2.33. The van der Waals surface area contributed by atoms with E-state index < -0.39 is 6.23 Å². The van der Waals surface area contributed by atoms with E-state index in [0.29, 0.717) is 33.4 Å². The topological polar surface area (TPSA) is 83.9 Å². The van der Waals surface area contributed by atoms with Crippen molar-refractivity contribution in [3.8, 4) is 0 Å². The molecule has 4 rings (SSSR count). The molecule has 1 aliphatic heterocycles. The lowest BCUT2D eigenvalue weighted by Crippen LogP contribution is -2.25. The van der Waals surface area contributed by atoms with E-state index in [1.807, 2.05) is 6.07 Å². The van der Waals surface area contributed by atoms with Crippen LogP contribution in [0.3, 0.4) is 0 Å². The Labute approximate surface area is 177 Å². The second kappa shape index (κ2) is 8.34. The number of nitrogens with one attached hydrogen (secondary N) is 1. The van der Waals surface area contributed by atoms with Crippen LogP contribution in [0.25, 0.3) is 0 Å². The number of pyridine rings is 1.